The number of methoxy groups -OCH3 is 1. The normalized spacial score (nSPS) is 21.2. The molecule has 8 nitrogen and oxygen atoms in total. The van der Waals surface area contributed by atoms with Gasteiger partial charge < -0.3 is 9.64 Å². The molecule has 9 heteroatoms. The van der Waals surface area contributed by atoms with Crippen LogP contribution >= 0.6 is 0 Å². The van der Waals surface area contributed by atoms with Crippen molar-refractivity contribution in [3.05, 3.63) is 35.4 Å². The second-order valence-corrected chi connectivity index (χ2v) is 8.48. The molecule has 2 amide bonds. The van der Waals surface area contributed by atoms with Gasteiger partial charge in [0.05, 0.1) is 13.4 Å². The maximum absolute atomic E-state index is 13.2. The van der Waals surface area contributed by atoms with Crippen LogP contribution in [0.5, 0.6) is 0 Å². The predicted molar refractivity (Wildman–Crippen MR) is 95.0 cm³/mol. The molecule has 0 N–H and O–H groups in total. The number of piperazine rings is 1. The van der Waals surface area contributed by atoms with E-state index in [-0.39, 0.29) is 19.0 Å². The lowest BCUT2D eigenvalue weighted by Crippen LogP contribution is -2.54. The fourth-order valence-electron chi connectivity index (χ4n) is 3.56. The third kappa shape index (κ3) is 3.54. The predicted octanol–water partition coefficient (Wildman–Crippen LogP) is 0.456. The molecule has 2 aliphatic rings. The summed E-state index contributed by atoms with van der Waals surface area (Å²) >= 11 is 0. The van der Waals surface area contributed by atoms with Gasteiger partial charge in [-0.25, -0.2) is 13.2 Å². The van der Waals surface area contributed by atoms with Crippen LogP contribution in [0, 0.1) is 0 Å². The summed E-state index contributed by atoms with van der Waals surface area (Å²) in [7, 11) is -1.96. The van der Waals surface area contributed by atoms with Gasteiger partial charge in [0.25, 0.3) is 0 Å². The van der Waals surface area contributed by atoms with Gasteiger partial charge in [-0.15, -0.1) is 0 Å². The highest BCUT2D eigenvalue weighted by molar-refractivity contribution is 7.88. The summed E-state index contributed by atoms with van der Waals surface area (Å²) in [5.74, 6) is -0.198. The number of ether oxygens (including phenoxy) is 1. The van der Waals surface area contributed by atoms with E-state index in [1.165, 1.54) is 22.6 Å². The first kappa shape index (κ1) is 18.7. The molecule has 1 atom stereocenters. The minimum atomic E-state index is -3.27. The largest absolute Gasteiger partial charge is 0.453 e. The zero-order chi connectivity index (χ0) is 18.9. The van der Waals surface area contributed by atoms with Gasteiger partial charge in [0, 0.05) is 32.7 Å². The van der Waals surface area contributed by atoms with E-state index in [0.717, 1.165) is 11.1 Å². The Hall–Kier alpha value is -2.13. The van der Waals surface area contributed by atoms with Crippen molar-refractivity contribution in [3.8, 4) is 0 Å². The summed E-state index contributed by atoms with van der Waals surface area (Å²) in [5, 5.41) is 0. The molecule has 0 spiro atoms. The van der Waals surface area contributed by atoms with Crippen molar-refractivity contribution in [2.45, 2.75) is 12.5 Å². The average Bonchev–Trinajstić information content (AvgIpc) is 2.65. The van der Waals surface area contributed by atoms with Crippen LogP contribution in [0.3, 0.4) is 0 Å². The molecule has 1 aromatic rings. The Kier molecular flexibility index (Phi) is 5.19. The Balaban J connectivity index is 1.85. The Morgan fingerprint density at radius 1 is 1.08 bits per heavy atom. The molecule has 3 rings (SSSR count). The van der Waals surface area contributed by atoms with Gasteiger partial charge in [0.15, 0.2) is 0 Å². The van der Waals surface area contributed by atoms with Crippen molar-refractivity contribution in [1.29, 1.82) is 0 Å². The van der Waals surface area contributed by atoms with Crippen LogP contribution in [-0.2, 0) is 26.0 Å². The number of benzene rings is 1. The average molecular weight is 381 g/mol. The number of hydrogen-bond acceptors (Lipinski definition) is 5. The van der Waals surface area contributed by atoms with E-state index in [0.29, 0.717) is 26.1 Å². The van der Waals surface area contributed by atoms with Gasteiger partial charge in [-0.05, 0) is 17.5 Å². The van der Waals surface area contributed by atoms with E-state index < -0.39 is 22.2 Å². The standard InChI is InChI=1S/C17H23N3O5S/c1-25-17(22)20-8-7-13-5-3-4-6-14(13)15(20)16(21)18-9-11-19(12-10-18)26(2,23)24/h3-6,15H,7-12H2,1-2H3. The summed E-state index contributed by atoms with van der Waals surface area (Å²) in [6, 6.07) is 6.85. The zero-order valence-corrected chi connectivity index (χ0v) is 15.7. The molecule has 1 saturated heterocycles. The highest BCUT2D eigenvalue weighted by Crippen LogP contribution is 2.32. The van der Waals surface area contributed by atoms with Crippen LogP contribution in [0.4, 0.5) is 4.79 Å². The quantitative estimate of drug-likeness (QED) is 0.743. The van der Waals surface area contributed by atoms with Crippen LogP contribution in [-0.4, -0.2) is 80.6 Å². The third-order valence-electron chi connectivity index (χ3n) is 4.95. The highest BCUT2D eigenvalue weighted by atomic mass is 32.2. The van der Waals surface area contributed by atoms with Gasteiger partial charge in [-0.1, -0.05) is 24.3 Å². The lowest BCUT2D eigenvalue weighted by molar-refractivity contribution is -0.138. The van der Waals surface area contributed by atoms with Crippen LogP contribution in [0.2, 0.25) is 0 Å². The number of hydrogen-bond donors (Lipinski definition) is 0. The highest BCUT2D eigenvalue weighted by Gasteiger charge is 2.39. The molecule has 1 aromatic carbocycles. The SMILES string of the molecule is COC(=O)N1CCc2ccccc2C1C(=O)N1CCN(S(C)(=O)=O)CC1. The fraction of sp³-hybridized carbons (Fsp3) is 0.529. The Morgan fingerprint density at radius 2 is 1.73 bits per heavy atom. The molecule has 0 aromatic heterocycles. The van der Waals surface area contributed by atoms with Crippen molar-refractivity contribution in [3.63, 3.8) is 0 Å². The van der Waals surface area contributed by atoms with Crippen molar-refractivity contribution in [1.82, 2.24) is 14.1 Å². The summed E-state index contributed by atoms with van der Waals surface area (Å²) in [4.78, 5) is 28.5. The van der Waals surface area contributed by atoms with Gasteiger partial charge in [-0.3, -0.25) is 9.69 Å². The first-order valence-electron chi connectivity index (χ1n) is 8.49. The molecule has 1 unspecified atom stereocenters. The zero-order valence-electron chi connectivity index (χ0n) is 14.9. The maximum Gasteiger partial charge on any atom is 0.410 e. The molecule has 142 valence electrons. The number of carbonyl (C=O) groups excluding carboxylic acids is 2. The summed E-state index contributed by atoms with van der Waals surface area (Å²) in [6.45, 7) is 1.54. The fourth-order valence-corrected chi connectivity index (χ4v) is 4.39. The van der Waals surface area contributed by atoms with Gasteiger partial charge in [-0.2, -0.15) is 4.31 Å². The van der Waals surface area contributed by atoms with E-state index in [9.17, 15) is 18.0 Å². The summed E-state index contributed by atoms with van der Waals surface area (Å²) in [6.07, 6.45) is 1.30. The lowest BCUT2D eigenvalue weighted by atomic mass is 9.92. The maximum atomic E-state index is 13.2. The van der Waals surface area contributed by atoms with Gasteiger partial charge >= 0.3 is 6.09 Å². The van der Waals surface area contributed by atoms with Crippen LogP contribution in [0.1, 0.15) is 17.2 Å². The van der Waals surface area contributed by atoms with Crippen molar-refractivity contribution in [2.75, 3.05) is 46.1 Å². The number of nitrogens with zero attached hydrogens (tertiary/aromatic N) is 3. The first-order chi connectivity index (χ1) is 12.3. The minimum Gasteiger partial charge on any atom is -0.453 e. The smallest absolute Gasteiger partial charge is 0.410 e. The van der Waals surface area contributed by atoms with Crippen LogP contribution in [0.15, 0.2) is 24.3 Å². The summed E-state index contributed by atoms with van der Waals surface area (Å²) < 4.78 is 29.6. The third-order valence-corrected chi connectivity index (χ3v) is 6.25. The molecule has 0 saturated carbocycles. The number of sulfonamides is 1. The monoisotopic (exact) mass is 381 g/mol. The van der Waals surface area contributed by atoms with Crippen LogP contribution in [0.25, 0.3) is 0 Å². The lowest BCUT2D eigenvalue weighted by Gasteiger charge is -2.40. The van der Waals surface area contributed by atoms with Gasteiger partial charge in [0.1, 0.15) is 6.04 Å². The molecule has 0 aliphatic carbocycles. The molecule has 26 heavy (non-hydrogen) atoms. The number of carbonyl (C=O) groups is 2. The Labute approximate surface area is 153 Å². The number of rotatable bonds is 2. The van der Waals surface area contributed by atoms with Crippen molar-refractivity contribution >= 4 is 22.0 Å². The molecule has 0 radical (unpaired) electrons. The number of fused-ring (bicyclic) bond motifs is 1. The van der Waals surface area contributed by atoms with E-state index in [2.05, 4.69) is 0 Å². The molecular weight excluding hydrogens is 358 g/mol. The molecule has 1 fully saturated rings. The number of amides is 2. The Morgan fingerprint density at radius 3 is 2.35 bits per heavy atom. The van der Waals surface area contributed by atoms with Crippen LogP contribution < -0.4 is 0 Å². The minimum absolute atomic E-state index is 0.198. The van der Waals surface area contributed by atoms with Gasteiger partial charge in [0.2, 0.25) is 15.9 Å². The molecule has 2 aliphatic heterocycles. The second-order valence-electron chi connectivity index (χ2n) is 6.50. The first-order valence-corrected chi connectivity index (χ1v) is 10.3. The van der Waals surface area contributed by atoms with E-state index in [4.69, 9.17) is 4.74 Å². The van der Waals surface area contributed by atoms with Crippen molar-refractivity contribution in [2.24, 2.45) is 0 Å². The molecule has 0 bridgehead atoms. The van der Waals surface area contributed by atoms with Crippen molar-refractivity contribution < 1.29 is 22.7 Å². The second kappa shape index (κ2) is 7.24. The van der Waals surface area contributed by atoms with E-state index >= 15 is 0 Å². The topological polar surface area (TPSA) is 87.2 Å². The summed E-state index contributed by atoms with van der Waals surface area (Å²) in [5.41, 5.74) is 1.85. The Bertz CT molecular complexity index is 802. The molecular formula is C17H23N3O5S. The van der Waals surface area contributed by atoms with E-state index in [1.807, 2.05) is 24.3 Å². The van der Waals surface area contributed by atoms with E-state index in [1.54, 1.807) is 4.90 Å². The molecule has 2 heterocycles.